The van der Waals surface area contributed by atoms with Crippen LogP contribution in [0, 0.1) is 12.7 Å². The highest BCUT2D eigenvalue weighted by atomic mass is 79.9. The minimum atomic E-state index is -0.510. The van der Waals surface area contributed by atoms with Crippen molar-refractivity contribution >= 4 is 27.6 Å². The molecule has 5 nitrogen and oxygen atoms in total. The van der Waals surface area contributed by atoms with E-state index >= 15 is 0 Å². The first-order valence-corrected chi connectivity index (χ1v) is 6.61. The van der Waals surface area contributed by atoms with Crippen molar-refractivity contribution in [2.75, 3.05) is 5.32 Å². The maximum Gasteiger partial charge on any atom is 0.319 e. The predicted molar refractivity (Wildman–Crippen MR) is 76.7 cm³/mol. The smallest absolute Gasteiger partial charge is 0.319 e. The minimum absolute atomic E-state index is 0.112. The van der Waals surface area contributed by atoms with Gasteiger partial charge in [0, 0.05) is 10.7 Å². The summed E-state index contributed by atoms with van der Waals surface area (Å²) in [5, 5.41) is 5.00. The number of benzene rings is 1. The molecule has 2 amide bonds. The summed E-state index contributed by atoms with van der Waals surface area (Å²) in [4.78, 5) is 19.8. The van der Waals surface area contributed by atoms with Gasteiger partial charge in [-0.2, -0.15) is 0 Å². The lowest BCUT2D eigenvalue weighted by atomic mass is 10.3. The zero-order chi connectivity index (χ0) is 14.5. The van der Waals surface area contributed by atoms with E-state index in [0.717, 1.165) is 5.69 Å². The van der Waals surface area contributed by atoms with Crippen molar-refractivity contribution in [1.29, 1.82) is 0 Å². The summed E-state index contributed by atoms with van der Waals surface area (Å²) in [6.45, 7) is 2.05. The van der Waals surface area contributed by atoms with Gasteiger partial charge >= 0.3 is 6.03 Å². The maximum atomic E-state index is 13.5. The molecule has 0 bridgehead atoms. The Balaban J connectivity index is 1.90. The van der Waals surface area contributed by atoms with E-state index in [-0.39, 0.29) is 12.2 Å². The fourth-order valence-corrected chi connectivity index (χ4v) is 1.77. The Hall–Kier alpha value is -2.02. The van der Waals surface area contributed by atoms with Crippen molar-refractivity contribution in [3.8, 4) is 0 Å². The first kappa shape index (κ1) is 14.4. The molecule has 0 aliphatic carbocycles. The van der Waals surface area contributed by atoms with E-state index in [1.54, 1.807) is 18.5 Å². The minimum Gasteiger partial charge on any atom is -0.332 e. The number of carbonyl (C=O) groups is 1. The number of rotatable bonds is 3. The summed E-state index contributed by atoms with van der Waals surface area (Å²) in [6.07, 6.45) is 3.19. The molecule has 2 aromatic rings. The van der Waals surface area contributed by atoms with Crippen molar-refractivity contribution in [1.82, 2.24) is 15.3 Å². The van der Waals surface area contributed by atoms with Gasteiger partial charge in [-0.05, 0) is 25.1 Å². The van der Waals surface area contributed by atoms with Crippen LogP contribution in [0.5, 0.6) is 0 Å². The quantitative estimate of drug-likeness (QED) is 0.903. The zero-order valence-corrected chi connectivity index (χ0v) is 12.2. The van der Waals surface area contributed by atoms with Gasteiger partial charge < -0.3 is 10.6 Å². The number of nitrogens with zero attached hydrogens (tertiary/aromatic N) is 2. The van der Waals surface area contributed by atoms with Crippen LogP contribution in [0.2, 0.25) is 0 Å². The van der Waals surface area contributed by atoms with Crippen LogP contribution in [0.3, 0.4) is 0 Å². The molecule has 20 heavy (non-hydrogen) atoms. The van der Waals surface area contributed by atoms with Gasteiger partial charge in [0.05, 0.1) is 29.8 Å². The fraction of sp³-hybridized carbons (Fsp3) is 0.154. The predicted octanol–water partition coefficient (Wildman–Crippen LogP) is 3.01. The third kappa shape index (κ3) is 3.99. The summed E-state index contributed by atoms with van der Waals surface area (Å²) in [6, 6.07) is 3.89. The van der Waals surface area contributed by atoms with Crippen LogP contribution >= 0.6 is 15.9 Å². The lowest BCUT2D eigenvalue weighted by molar-refractivity contribution is 0.251. The topological polar surface area (TPSA) is 66.9 Å². The molecule has 1 aromatic heterocycles. The molecule has 1 heterocycles. The lowest BCUT2D eigenvalue weighted by Gasteiger charge is -2.08. The number of halogens is 2. The van der Waals surface area contributed by atoms with Gasteiger partial charge in [0.1, 0.15) is 5.82 Å². The molecule has 0 aliphatic rings. The van der Waals surface area contributed by atoms with E-state index in [0.29, 0.717) is 10.2 Å². The summed E-state index contributed by atoms with van der Waals surface area (Å²) in [5.41, 5.74) is 1.54. The largest absolute Gasteiger partial charge is 0.332 e. The number of aryl methyl sites for hydroxylation is 1. The number of carbonyl (C=O) groups excluding carboxylic acids is 1. The summed E-state index contributed by atoms with van der Waals surface area (Å²) in [7, 11) is 0. The summed E-state index contributed by atoms with van der Waals surface area (Å²) < 4.78 is 14.1. The van der Waals surface area contributed by atoms with E-state index in [2.05, 4.69) is 36.5 Å². The molecule has 0 saturated carbocycles. The summed E-state index contributed by atoms with van der Waals surface area (Å²) in [5.74, 6) is -0.510. The van der Waals surface area contributed by atoms with Gasteiger partial charge in [-0.3, -0.25) is 9.97 Å². The molecule has 0 fully saturated rings. The van der Waals surface area contributed by atoms with Gasteiger partial charge in [-0.15, -0.1) is 0 Å². The Morgan fingerprint density at radius 2 is 2.15 bits per heavy atom. The van der Waals surface area contributed by atoms with Crippen LogP contribution in [-0.2, 0) is 6.54 Å². The second-order valence-corrected chi connectivity index (χ2v) is 5.00. The zero-order valence-electron chi connectivity index (χ0n) is 10.7. The highest BCUT2D eigenvalue weighted by Gasteiger charge is 2.07. The van der Waals surface area contributed by atoms with E-state index in [1.807, 2.05) is 6.92 Å². The normalized spacial score (nSPS) is 10.2. The van der Waals surface area contributed by atoms with Gasteiger partial charge in [-0.1, -0.05) is 15.9 Å². The maximum absolute atomic E-state index is 13.5. The molecular weight excluding hydrogens is 327 g/mol. The van der Waals surface area contributed by atoms with Crippen molar-refractivity contribution in [2.45, 2.75) is 13.5 Å². The Labute approximate surface area is 123 Å². The van der Waals surface area contributed by atoms with Crippen LogP contribution in [0.1, 0.15) is 11.4 Å². The molecule has 2 rings (SSSR count). The van der Waals surface area contributed by atoms with Crippen molar-refractivity contribution in [2.24, 2.45) is 0 Å². The van der Waals surface area contributed by atoms with Gasteiger partial charge in [-0.25, -0.2) is 9.18 Å². The fourth-order valence-electron chi connectivity index (χ4n) is 1.44. The third-order valence-corrected chi connectivity index (χ3v) is 2.94. The van der Waals surface area contributed by atoms with Gasteiger partial charge in [0.15, 0.2) is 0 Å². The number of amides is 2. The molecule has 0 aliphatic heterocycles. The van der Waals surface area contributed by atoms with Crippen molar-refractivity contribution in [3.05, 3.63) is 52.3 Å². The Kier molecular flexibility index (Phi) is 4.62. The molecule has 104 valence electrons. The number of nitrogens with one attached hydrogen (secondary N) is 2. The second kappa shape index (κ2) is 6.42. The van der Waals surface area contributed by atoms with E-state index in [1.165, 1.54) is 12.1 Å². The van der Waals surface area contributed by atoms with Crippen LogP contribution in [-0.4, -0.2) is 16.0 Å². The highest BCUT2D eigenvalue weighted by molar-refractivity contribution is 9.10. The molecule has 2 N–H and O–H groups in total. The number of hydrogen-bond donors (Lipinski definition) is 2. The number of aromatic nitrogens is 2. The second-order valence-electron chi connectivity index (χ2n) is 4.08. The highest BCUT2D eigenvalue weighted by Crippen LogP contribution is 2.19. The van der Waals surface area contributed by atoms with Crippen LogP contribution < -0.4 is 10.6 Å². The SMILES string of the molecule is Cc1cnc(CNC(=O)Nc2ccc(Br)cc2F)cn1. The van der Waals surface area contributed by atoms with E-state index in [4.69, 9.17) is 0 Å². The Morgan fingerprint density at radius 3 is 2.80 bits per heavy atom. The Bertz CT molecular complexity index is 618. The number of anilines is 1. The van der Waals surface area contributed by atoms with Gasteiger partial charge in [0.2, 0.25) is 0 Å². The molecule has 7 heteroatoms. The average Bonchev–Trinajstić information content (AvgIpc) is 2.41. The van der Waals surface area contributed by atoms with Crippen LogP contribution in [0.25, 0.3) is 0 Å². The molecular formula is C13H12BrFN4O. The van der Waals surface area contributed by atoms with Crippen LogP contribution in [0.15, 0.2) is 35.1 Å². The summed E-state index contributed by atoms with van der Waals surface area (Å²) >= 11 is 3.15. The molecule has 1 aromatic carbocycles. The molecule has 0 unspecified atom stereocenters. The third-order valence-electron chi connectivity index (χ3n) is 2.44. The number of hydrogen-bond acceptors (Lipinski definition) is 3. The number of urea groups is 1. The standard InChI is InChI=1S/C13H12BrFN4O/c1-8-5-17-10(6-16-8)7-18-13(20)19-12-3-2-9(14)4-11(12)15/h2-6H,7H2,1H3,(H2,18,19,20). The first-order chi connectivity index (χ1) is 9.54. The van der Waals surface area contributed by atoms with Crippen LogP contribution in [0.4, 0.5) is 14.9 Å². The van der Waals surface area contributed by atoms with Gasteiger partial charge in [0.25, 0.3) is 0 Å². The van der Waals surface area contributed by atoms with E-state index < -0.39 is 11.8 Å². The average molecular weight is 339 g/mol. The van der Waals surface area contributed by atoms with Crippen molar-refractivity contribution in [3.63, 3.8) is 0 Å². The van der Waals surface area contributed by atoms with Crippen molar-refractivity contribution < 1.29 is 9.18 Å². The first-order valence-electron chi connectivity index (χ1n) is 5.82. The lowest BCUT2D eigenvalue weighted by Crippen LogP contribution is -2.29. The molecule has 0 atom stereocenters. The van der Waals surface area contributed by atoms with E-state index in [9.17, 15) is 9.18 Å². The molecule has 0 spiro atoms. The molecule has 0 saturated heterocycles. The molecule has 0 radical (unpaired) electrons. The Morgan fingerprint density at radius 1 is 1.35 bits per heavy atom. The monoisotopic (exact) mass is 338 g/mol.